The Morgan fingerprint density at radius 2 is 2.21 bits per heavy atom. The van der Waals surface area contributed by atoms with E-state index in [9.17, 15) is 0 Å². The lowest BCUT2D eigenvalue weighted by Gasteiger charge is -2.03. The smallest absolute Gasteiger partial charge is 0.0903 e. The monoisotopic (exact) mass is 189 g/mol. The average molecular weight is 189 g/mol. The number of hydrazine groups is 1. The number of hydrogen-bond acceptors (Lipinski definition) is 4. The molecule has 0 saturated carbocycles. The number of hydrogen-bond donors (Lipinski definition) is 2. The standard InChI is InChI=1S/C9H11N5/c1-14-9(3-5-12-14)8-6-7(13-10)2-4-11-8/h2-6H,10H2,1H3,(H,11,13). The predicted molar refractivity (Wildman–Crippen MR) is 54.2 cm³/mol. The van der Waals surface area contributed by atoms with Crippen molar-refractivity contribution in [1.82, 2.24) is 14.8 Å². The summed E-state index contributed by atoms with van der Waals surface area (Å²) in [4.78, 5) is 4.23. The van der Waals surface area contributed by atoms with Crippen LogP contribution >= 0.6 is 0 Å². The molecule has 0 aliphatic carbocycles. The molecule has 0 bridgehead atoms. The van der Waals surface area contributed by atoms with E-state index in [-0.39, 0.29) is 0 Å². The van der Waals surface area contributed by atoms with Crippen molar-refractivity contribution in [2.24, 2.45) is 12.9 Å². The highest BCUT2D eigenvalue weighted by atomic mass is 15.3. The first kappa shape index (κ1) is 8.71. The van der Waals surface area contributed by atoms with Crippen LogP contribution in [-0.4, -0.2) is 14.8 Å². The average Bonchev–Trinajstić information content (AvgIpc) is 2.65. The minimum atomic E-state index is 0.830. The van der Waals surface area contributed by atoms with Crippen LogP contribution in [0, 0.1) is 0 Å². The highest BCUT2D eigenvalue weighted by Crippen LogP contribution is 2.18. The molecule has 14 heavy (non-hydrogen) atoms. The summed E-state index contributed by atoms with van der Waals surface area (Å²) in [6.07, 6.45) is 3.44. The number of nitrogens with zero attached hydrogens (tertiary/aromatic N) is 3. The summed E-state index contributed by atoms with van der Waals surface area (Å²) >= 11 is 0. The summed E-state index contributed by atoms with van der Waals surface area (Å²) in [7, 11) is 1.87. The van der Waals surface area contributed by atoms with E-state index in [4.69, 9.17) is 5.84 Å². The zero-order valence-corrected chi connectivity index (χ0v) is 7.81. The molecule has 72 valence electrons. The highest BCUT2D eigenvalue weighted by Gasteiger charge is 2.03. The van der Waals surface area contributed by atoms with Gasteiger partial charge in [0.15, 0.2) is 0 Å². The van der Waals surface area contributed by atoms with Crippen LogP contribution in [0.25, 0.3) is 11.4 Å². The lowest BCUT2D eigenvalue weighted by atomic mass is 10.2. The molecule has 0 aliphatic rings. The zero-order chi connectivity index (χ0) is 9.97. The van der Waals surface area contributed by atoms with Gasteiger partial charge in [-0.05, 0) is 18.2 Å². The third-order valence-electron chi connectivity index (χ3n) is 2.01. The summed E-state index contributed by atoms with van der Waals surface area (Å²) < 4.78 is 1.77. The van der Waals surface area contributed by atoms with Crippen LogP contribution in [0.1, 0.15) is 0 Å². The van der Waals surface area contributed by atoms with Gasteiger partial charge in [0.2, 0.25) is 0 Å². The highest BCUT2D eigenvalue weighted by molar-refractivity contribution is 5.60. The summed E-state index contributed by atoms with van der Waals surface area (Å²) in [6, 6.07) is 5.58. The number of aryl methyl sites for hydroxylation is 1. The van der Waals surface area contributed by atoms with Gasteiger partial charge >= 0.3 is 0 Å². The maximum atomic E-state index is 5.31. The van der Waals surface area contributed by atoms with Crippen molar-refractivity contribution in [3.8, 4) is 11.4 Å². The molecule has 5 heteroatoms. The van der Waals surface area contributed by atoms with Gasteiger partial charge in [-0.2, -0.15) is 5.10 Å². The van der Waals surface area contributed by atoms with Crippen molar-refractivity contribution in [3.63, 3.8) is 0 Å². The molecular weight excluding hydrogens is 178 g/mol. The van der Waals surface area contributed by atoms with E-state index in [0.717, 1.165) is 17.1 Å². The maximum absolute atomic E-state index is 5.31. The molecule has 0 saturated heterocycles. The van der Waals surface area contributed by atoms with Crippen molar-refractivity contribution >= 4 is 5.69 Å². The first-order valence-electron chi connectivity index (χ1n) is 4.22. The summed E-state index contributed by atoms with van der Waals surface area (Å²) in [5.41, 5.74) is 5.22. The van der Waals surface area contributed by atoms with E-state index >= 15 is 0 Å². The zero-order valence-electron chi connectivity index (χ0n) is 7.81. The van der Waals surface area contributed by atoms with Crippen LogP contribution in [0.5, 0.6) is 0 Å². The number of nitrogen functional groups attached to an aromatic ring is 1. The first-order chi connectivity index (χ1) is 6.81. The van der Waals surface area contributed by atoms with Crippen LogP contribution < -0.4 is 11.3 Å². The van der Waals surface area contributed by atoms with Gasteiger partial charge in [0, 0.05) is 19.4 Å². The van der Waals surface area contributed by atoms with Gasteiger partial charge in [0.1, 0.15) is 0 Å². The molecule has 0 aliphatic heterocycles. The molecule has 2 heterocycles. The SMILES string of the molecule is Cn1nccc1-c1cc(NN)ccn1. The number of aromatic nitrogens is 3. The largest absolute Gasteiger partial charge is 0.324 e. The Morgan fingerprint density at radius 1 is 1.36 bits per heavy atom. The lowest BCUT2D eigenvalue weighted by molar-refractivity contribution is 0.773. The van der Waals surface area contributed by atoms with Crippen LogP contribution in [-0.2, 0) is 7.05 Å². The minimum absolute atomic E-state index is 0.830. The normalized spacial score (nSPS) is 10.1. The molecule has 0 fully saturated rings. The molecule has 3 N–H and O–H groups in total. The number of anilines is 1. The number of pyridine rings is 1. The number of nitrogens with two attached hydrogens (primary N) is 1. The van der Waals surface area contributed by atoms with Crippen molar-refractivity contribution in [2.45, 2.75) is 0 Å². The maximum Gasteiger partial charge on any atom is 0.0903 e. The molecule has 2 aromatic rings. The number of rotatable bonds is 2. The van der Waals surface area contributed by atoms with Crippen molar-refractivity contribution < 1.29 is 0 Å². The van der Waals surface area contributed by atoms with Gasteiger partial charge in [-0.15, -0.1) is 0 Å². The van der Waals surface area contributed by atoms with Gasteiger partial charge in [-0.1, -0.05) is 0 Å². The molecule has 0 spiro atoms. The van der Waals surface area contributed by atoms with Gasteiger partial charge in [-0.3, -0.25) is 15.5 Å². The summed E-state index contributed by atoms with van der Waals surface area (Å²) in [5.74, 6) is 5.31. The van der Waals surface area contributed by atoms with Crippen LogP contribution in [0.2, 0.25) is 0 Å². The lowest BCUT2D eigenvalue weighted by Crippen LogP contribution is -2.07. The van der Waals surface area contributed by atoms with E-state index in [2.05, 4.69) is 15.5 Å². The van der Waals surface area contributed by atoms with E-state index in [0.29, 0.717) is 0 Å². The second-order valence-electron chi connectivity index (χ2n) is 2.91. The van der Waals surface area contributed by atoms with Crippen molar-refractivity contribution in [3.05, 3.63) is 30.6 Å². The first-order valence-corrected chi connectivity index (χ1v) is 4.22. The fourth-order valence-corrected chi connectivity index (χ4v) is 1.29. The molecule has 2 aromatic heterocycles. The Bertz CT molecular complexity index is 434. The van der Waals surface area contributed by atoms with Crippen LogP contribution in [0.3, 0.4) is 0 Å². The minimum Gasteiger partial charge on any atom is -0.324 e. The topological polar surface area (TPSA) is 68.8 Å². The molecule has 0 amide bonds. The summed E-state index contributed by atoms with van der Waals surface area (Å²) in [5, 5.41) is 4.07. The Morgan fingerprint density at radius 3 is 2.86 bits per heavy atom. The second kappa shape index (κ2) is 3.47. The molecule has 2 rings (SSSR count). The van der Waals surface area contributed by atoms with E-state index < -0.39 is 0 Å². The molecular formula is C9H11N5. The molecule has 0 aromatic carbocycles. The number of nitrogens with one attached hydrogen (secondary N) is 1. The van der Waals surface area contributed by atoms with Crippen molar-refractivity contribution in [2.75, 3.05) is 5.43 Å². The van der Waals surface area contributed by atoms with Crippen LogP contribution in [0.15, 0.2) is 30.6 Å². The third kappa shape index (κ3) is 1.45. The Labute approximate surface area is 81.5 Å². The van der Waals surface area contributed by atoms with Gasteiger partial charge in [0.25, 0.3) is 0 Å². The van der Waals surface area contributed by atoms with E-state index in [1.807, 2.05) is 19.2 Å². The Balaban J connectivity index is 2.47. The Hall–Kier alpha value is -1.88. The quantitative estimate of drug-likeness (QED) is 0.540. The second-order valence-corrected chi connectivity index (χ2v) is 2.91. The van der Waals surface area contributed by atoms with E-state index in [1.165, 1.54) is 0 Å². The van der Waals surface area contributed by atoms with Gasteiger partial charge in [0.05, 0.1) is 17.1 Å². The summed E-state index contributed by atoms with van der Waals surface area (Å²) in [6.45, 7) is 0. The molecule has 5 nitrogen and oxygen atoms in total. The Kier molecular flexibility index (Phi) is 2.16. The van der Waals surface area contributed by atoms with E-state index in [1.54, 1.807) is 23.1 Å². The molecule has 0 atom stereocenters. The predicted octanol–water partition coefficient (Wildman–Crippen LogP) is 0.768. The fourth-order valence-electron chi connectivity index (χ4n) is 1.29. The third-order valence-corrected chi connectivity index (χ3v) is 2.01. The van der Waals surface area contributed by atoms with Crippen LogP contribution in [0.4, 0.5) is 5.69 Å². The molecule has 0 unspecified atom stereocenters. The van der Waals surface area contributed by atoms with Crippen molar-refractivity contribution in [1.29, 1.82) is 0 Å². The van der Waals surface area contributed by atoms with Gasteiger partial charge < -0.3 is 5.43 Å². The van der Waals surface area contributed by atoms with Gasteiger partial charge in [-0.25, -0.2) is 0 Å². The molecule has 0 radical (unpaired) electrons. The fraction of sp³-hybridized carbons (Fsp3) is 0.111.